The van der Waals surface area contributed by atoms with E-state index in [9.17, 15) is 4.79 Å². The van der Waals surface area contributed by atoms with Gasteiger partial charge in [-0.2, -0.15) is 0 Å². The molecule has 2 aromatic rings. The first kappa shape index (κ1) is 13.9. The van der Waals surface area contributed by atoms with Crippen molar-refractivity contribution in [2.24, 2.45) is 0 Å². The number of carboxylic acids is 1. The number of aryl methyl sites for hydroxylation is 1. The molecule has 110 valence electrons. The van der Waals surface area contributed by atoms with Crippen LogP contribution < -0.4 is 5.84 Å². The van der Waals surface area contributed by atoms with E-state index in [-0.39, 0.29) is 11.7 Å². The molecule has 1 aliphatic rings. The van der Waals surface area contributed by atoms with E-state index in [0.717, 1.165) is 36.8 Å². The highest BCUT2D eigenvalue weighted by atomic mass is 32.2. The fraction of sp³-hybridized carbons (Fsp3) is 0.357. The molecule has 0 aliphatic heterocycles. The molecular weight excluding hydrogens is 288 g/mol. The normalized spacial score (nSPS) is 17.4. The molecule has 1 atom stereocenters. The maximum absolute atomic E-state index is 10.6. The van der Waals surface area contributed by atoms with Gasteiger partial charge < -0.3 is 10.9 Å². The van der Waals surface area contributed by atoms with Gasteiger partial charge in [-0.15, -0.1) is 10.2 Å². The first-order chi connectivity index (χ1) is 10.1. The Bertz CT molecular complexity index is 671. The summed E-state index contributed by atoms with van der Waals surface area (Å²) < 4.78 is 1.44. The summed E-state index contributed by atoms with van der Waals surface area (Å²) in [6.07, 6.45) is 2.89. The van der Waals surface area contributed by atoms with Crippen LogP contribution in [0.5, 0.6) is 0 Å². The van der Waals surface area contributed by atoms with Crippen molar-refractivity contribution < 1.29 is 9.90 Å². The number of benzene rings is 1. The molecule has 1 heterocycles. The first-order valence-electron chi connectivity index (χ1n) is 6.77. The van der Waals surface area contributed by atoms with Gasteiger partial charge in [-0.1, -0.05) is 36.0 Å². The number of hydrogen-bond acceptors (Lipinski definition) is 5. The molecule has 0 radical (unpaired) electrons. The third-order valence-electron chi connectivity index (χ3n) is 3.73. The van der Waals surface area contributed by atoms with Crippen molar-refractivity contribution in [3.05, 3.63) is 41.2 Å². The second kappa shape index (κ2) is 5.77. The predicted molar refractivity (Wildman–Crippen MR) is 79.7 cm³/mol. The number of nitrogen functional groups attached to an aromatic ring is 1. The quantitative estimate of drug-likeness (QED) is 0.656. The van der Waals surface area contributed by atoms with Gasteiger partial charge in [-0.25, -0.2) is 4.68 Å². The molecule has 0 spiro atoms. The maximum Gasteiger partial charge on any atom is 0.313 e. The largest absolute Gasteiger partial charge is 0.481 e. The number of rotatable bonds is 4. The fourth-order valence-corrected chi connectivity index (χ4v) is 3.29. The number of hydrogen-bond donors (Lipinski definition) is 2. The number of carbonyl (C=O) groups is 1. The fourth-order valence-electron chi connectivity index (χ4n) is 2.71. The summed E-state index contributed by atoms with van der Waals surface area (Å²) in [7, 11) is 0. The Balaban J connectivity index is 1.78. The van der Waals surface area contributed by atoms with Crippen molar-refractivity contribution in [1.29, 1.82) is 0 Å². The van der Waals surface area contributed by atoms with E-state index in [1.807, 2.05) is 6.07 Å². The third kappa shape index (κ3) is 2.87. The SMILES string of the molecule is Nn1c(SCC(=O)O)nnc1C1CCc2ccccc2C1. The average molecular weight is 304 g/mol. The smallest absolute Gasteiger partial charge is 0.313 e. The molecule has 6 nitrogen and oxygen atoms in total. The van der Waals surface area contributed by atoms with Crippen molar-refractivity contribution in [3.8, 4) is 0 Å². The van der Waals surface area contributed by atoms with Gasteiger partial charge in [0.25, 0.3) is 0 Å². The lowest BCUT2D eigenvalue weighted by Gasteiger charge is -2.23. The second-order valence-electron chi connectivity index (χ2n) is 5.10. The van der Waals surface area contributed by atoms with Crippen LogP contribution in [0, 0.1) is 0 Å². The van der Waals surface area contributed by atoms with Gasteiger partial charge in [-0.05, 0) is 30.4 Å². The molecule has 7 heteroatoms. The zero-order valence-electron chi connectivity index (χ0n) is 11.4. The number of fused-ring (bicyclic) bond motifs is 1. The highest BCUT2D eigenvalue weighted by Crippen LogP contribution is 2.32. The molecule has 0 fully saturated rings. The van der Waals surface area contributed by atoms with Crippen LogP contribution in [0.25, 0.3) is 0 Å². The molecule has 1 unspecified atom stereocenters. The average Bonchev–Trinajstić information content (AvgIpc) is 2.85. The number of nitrogens with zero attached hydrogens (tertiary/aromatic N) is 3. The highest BCUT2D eigenvalue weighted by Gasteiger charge is 2.25. The molecule has 21 heavy (non-hydrogen) atoms. The molecule has 0 bridgehead atoms. The lowest BCUT2D eigenvalue weighted by atomic mass is 9.83. The van der Waals surface area contributed by atoms with Gasteiger partial charge in [0.15, 0.2) is 5.82 Å². The highest BCUT2D eigenvalue weighted by molar-refractivity contribution is 7.99. The molecule has 1 aromatic carbocycles. The standard InChI is InChI=1S/C14H16N4O2S/c15-18-13(16-17-14(18)21-8-12(19)20)11-6-5-9-3-1-2-4-10(9)7-11/h1-4,11H,5-8,15H2,(H,19,20). The Morgan fingerprint density at radius 2 is 2.14 bits per heavy atom. The number of nitrogens with two attached hydrogens (primary N) is 1. The maximum atomic E-state index is 10.6. The zero-order chi connectivity index (χ0) is 14.8. The summed E-state index contributed by atoms with van der Waals surface area (Å²) in [4.78, 5) is 10.6. The summed E-state index contributed by atoms with van der Waals surface area (Å²) >= 11 is 1.09. The number of aromatic nitrogens is 3. The lowest BCUT2D eigenvalue weighted by Crippen LogP contribution is -2.21. The summed E-state index contributed by atoms with van der Waals surface area (Å²) in [5, 5.41) is 17.3. The Morgan fingerprint density at radius 1 is 1.38 bits per heavy atom. The minimum Gasteiger partial charge on any atom is -0.481 e. The molecular formula is C14H16N4O2S. The lowest BCUT2D eigenvalue weighted by molar-refractivity contribution is -0.133. The van der Waals surface area contributed by atoms with Crippen LogP contribution >= 0.6 is 11.8 Å². The Morgan fingerprint density at radius 3 is 2.90 bits per heavy atom. The van der Waals surface area contributed by atoms with Crippen molar-refractivity contribution in [2.45, 2.75) is 30.3 Å². The van der Waals surface area contributed by atoms with Crippen molar-refractivity contribution in [3.63, 3.8) is 0 Å². The summed E-state index contributed by atoms with van der Waals surface area (Å²) in [6, 6.07) is 8.40. The van der Waals surface area contributed by atoms with E-state index in [2.05, 4.69) is 28.4 Å². The molecule has 0 amide bonds. The molecule has 0 saturated heterocycles. The molecule has 3 N–H and O–H groups in total. The molecule has 0 saturated carbocycles. The Labute approximate surface area is 126 Å². The van der Waals surface area contributed by atoms with Gasteiger partial charge in [-0.3, -0.25) is 4.79 Å². The number of aliphatic carboxylic acids is 1. The third-order valence-corrected chi connectivity index (χ3v) is 4.66. The van der Waals surface area contributed by atoms with Gasteiger partial charge in [0.1, 0.15) is 0 Å². The summed E-state index contributed by atoms with van der Waals surface area (Å²) in [5.74, 6) is 6.03. The van der Waals surface area contributed by atoms with Gasteiger partial charge in [0, 0.05) is 5.92 Å². The van der Waals surface area contributed by atoms with Crippen LogP contribution in [-0.2, 0) is 17.6 Å². The van der Waals surface area contributed by atoms with Gasteiger partial charge >= 0.3 is 5.97 Å². The summed E-state index contributed by atoms with van der Waals surface area (Å²) in [5.41, 5.74) is 2.72. The minimum atomic E-state index is -0.892. The first-order valence-corrected chi connectivity index (χ1v) is 7.75. The molecule has 1 aromatic heterocycles. The monoisotopic (exact) mass is 304 g/mol. The molecule has 1 aliphatic carbocycles. The van der Waals surface area contributed by atoms with Crippen molar-refractivity contribution >= 4 is 17.7 Å². The second-order valence-corrected chi connectivity index (χ2v) is 6.04. The number of thioether (sulfide) groups is 1. The van der Waals surface area contributed by atoms with E-state index in [4.69, 9.17) is 10.9 Å². The summed E-state index contributed by atoms with van der Waals surface area (Å²) in [6.45, 7) is 0. The molecule has 3 rings (SSSR count). The van der Waals surface area contributed by atoms with E-state index in [1.54, 1.807) is 0 Å². The zero-order valence-corrected chi connectivity index (χ0v) is 12.2. The van der Waals surface area contributed by atoms with Crippen molar-refractivity contribution in [2.75, 3.05) is 11.6 Å². The van der Waals surface area contributed by atoms with Crippen molar-refractivity contribution in [1.82, 2.24) is 14.9 Å². The Hall–Kier alpha value is -2.02. The van der Waals surface area contributed by atoms with Crippen LogP contribution in [0.3, 0.4) is 0 Å². The van der Waals surface area contributed by atoms with Crippen LogP contribution in [-0.4, -0.2) is 31.7 Å². The number of carboxylic acid groups (broad SMARTS) is 1. The van der Waals surface area contributed by atoms with Gasteiger partial charge in [0.05, 0.1) is 5.75 Å². The van der Waals surface area contributed by atoms with E-state index in [0.29, 0.717) is 5.16 Å². The van der Waals surface area contributed by atoms with Crippen LogP contribution in [0.4, 0.5) is 0 Å². The predicted octanol–water partition coefficient (Wildman–Crippen LogP) is 1.44. The Kier molecular flexibility index (Phi) is 3.83. The van der Waals surface area contributed by atoms with Crippen LogP contribution in [0.15, 0.2) is 29.4 Å². The van der Waals surface area contributed by atoms with Gasteiger partial charge in [0.2, 0.25) is 5.16 Å². The van der Waals surface area contributed by atoms with Crippen LogP contribution in [0.2, 0.25) is 0 Å². The van der Waals surface area contributed by atoms with E-state index in [1.165, 1.54) is 15.8 Å². The minimum absolute atomic E-state index is 0.0666. The topological polar surface area (TPSA) is 94.0 Å². The van der Waals surface area contributed by atoms with E-state index < -0.39 is 5.97 Å². The van der Waals surface area contributed by atoms with E-state index >= 15 is 0 Å². The van der Waals surface area contributed by atoms with Crippen LogP contribution in [0.1, 0.15) is 29.3 Å².